The molecular formula is C20H23N3O5S. The minimum Gasteiger partial charge on any atom is -0.497 e. The predicted molar refractivity (Wildman–Crippen MR) is 108 cm³/mol. The van der Waals surface area contributed by atoms with E-state index in [4.69, 9.17) is 9.47 Å². The van der Waals surface area contributed by atoms with Crippen LogP contribution in [0, 0.1) is 0 Å². The lowest BCUT2D eigenvalue weighted by Crippen LogP contribution is -2.57. The van der Waals surface area contributed by atoms with E-state index in [2.05, 4.69) is 5.32 Å². The van der Waals surface area contributed by atoms with Crippen molar-refractivity contribution in [3.8, 4) is 11.5 Å². The Hall–Kier alpha value is -2.62. The van der Waals surface area contributed by atoms with Crippen molar-refractivity contribution < 1.29 is 22.7 Å². The summed E-state index contributed by atoms with van der Waals surface area (Å²) in [5, 5.41) is 2.86. The smallest absolute Gasteiger partial charge is 0.243 e. The SMILES string of the molecule is COc1ccc(S(=O)(=O)N2CCN3CC(=O)Nc4ccccc4OC[C@H]3C2)cc1. The molecule has 2 aliphatic heterocycles. The predicted octanol–water partition coefficient (Wildman–Crippen LogP) is 1.40. The Kier molecular flexibility index (Phi) is 5.44. The third-order valence-corrected chi connectivity index (χ3v) is 7.08. The molecule has 2 heterocycles. The van der Waals surface area contributed by atoms with Gasteiger partial charge in [-0.3, -0.25) is 9.69 Å². The molecule has 1 saturated heterocycles. The fourth-order valence-corrected chi connectivity index (χ4v) is 5.07. The quantitative estimate of drug-likeness (QED) is 0.812. The van der Waals surface area contributed by atoms with Crippen molar-refractivity contribution >= 4 is 21.6 Å². The molecule has 4 rings (SSSR count). The zero-order valence-corrected chi connectivity index (χ0v) is 16.9. The number of methoxy groups -OCH3 is 1. The molecule has 29 heavy (non-hydrogen) atoms. The Labute approximate surface area is 170 Å². The molecule has 9 heteroatoms. The standard InChI is InChI=1S/C20H23N3O5S/c1-27-16-6-8-17(9-7-16)29(25,26)23-11-10-22-13-20(24)21-18-4-2-3-5-19(18)28-14-15(22)12-23/h2-9,15H,10-14H2,1H3,(H,21,24)/t15-/m1/s1. The summed E-state index contributed by atoms with van der Waals surface area (Å²) in [5.74, 6) is 1.04. The molecule has 0 spiro atoms. The summed E-state index contributed by atoms with van der Waals surface area (Å²) in [6.07, 6.45) is 0. The summed E-state index contributed by atoms with van der Waals surface area (Å²) in [4.78, 5) is 14.6. The average molecular weight is 417 g/mol. The maximum absolute atomic E-state index is 13.1. The largest absolute Gasteiger partial charge is 0.497 e. The number of fused-ring (bicyclic) bond motifs is 2. The zero-order chi connectivity index (χ0) is 20.4. The van der Waals surface area contributed by atoms with E-state index in [0.717, 1.165) is 0 Å². The zero-order valence-electron chi connectivity index (χ0n) is 16.1. The number of anilines is 1. The number of carbonyl (C=O) groups excluding carboxylic acids is 1. The van der Waals surface area contributed by atoms with Crippen molar-refractivity contribution in [2.45, 2.75) is 10.9 Å². The highest BCUT2D eigenvalue weighted by Gasteiger charge is 2.36. The summed E-state index contributed by atoms with van der Waals surface area (Å²) in [6, 6.07) is 13.4. The number of hydrogen-bond donors (Lipinski definition) is 1. The van der Waals surface area contributed by atoms with Crippen molar-refractivity contribution in [2.75, 3.05) is 45.2 Å². The first-order valence-corrected chi connectivity index (χ1v) is 10.8. The average Bonchev–Trinajstić information content (AvgIpc) is 2.80. The fraction of sp³-hybridized carbons (Fsp3) is 0.350. The number of piperazine rings is 1. The van der Waals surface area contributed by atoms with Crippen LogP contribution >= 0.6 is 0 Å². The highest BCUT2D eigenvalue weighted by molar-refractivity contribution is 7.89. The van der Waals surface area contributed by atoms with E-state index in [1.807, 2.05) is 17.0 Å². The number of sulfonamides is 1. The second-order valence-electron chi connectivity index (χ2n) is 7.02. The van der Waals surface area contributed by atoms with Gasteiger partial charge in [0.25, 0.3) is 0 Å². The van der Waals surface area contributed by atoms with Gasteiger partial charge in [0.2, 0.25) is 15.9 Å². The Bertz CT molecular complexity index is 993. The molecule has 1 atom stereocenters. The molecule has 1 fully saturated rings. The minimum absolute atomic E-state index is 0.139. The van der Waals surface area contributed by atoms with Gasteiger partial charge in [0.05, 0.1) is 30.3 Å². The molecule has 2 aromatic rings. The Morgan fingerprint density at radius 1 is 1.10 bits per heavy atom. The van der Waals surface area contributed by atoms with Gasteiger partial charge in [0.15, 0.2) is 0 Å². The molecule has 0 radical (unpaired) electrons. The van der Waals surface area contributed by atoms with Crippen LogP contribution in [0.2, 0.25) is 0 Å². The number of nitrogens with zero attached hydrogens (tertiary/aromatic N) is 2. The van der Waals surface area contributed by atoms with E-state index >= 15 is 0 Å². The monoisotopic (exact) mass is 417 g/mol. The minimum atomic E-state index is -3.65. The molecule has 0 aromatic heterocycles. The third-order valence-electron chi connectivity index (χ3n) is 5.20. The second-order valence-corrected chi connectivity index (χ2v) is 8.96. The molecule has 8 nitrogen and oxygen atoms in total. The number of benzene rings is 2. The van der Waals surface area contributed by atoms with E-state index in [-0.39, 0.29) is 29.9 Å². The second kappa shape index (κ2) is 8.02. The molecule has 0 aliphatic carbocycles. The number of amides is 1. The summed E-state index contributed by atoms with van der Waals surface area (Å²) in [5.41, 5.74) is 0.625. The van der Waals surface area contributed by atoms with Gasteiger partial charge in [-0.25, -0.2) is 8.42 Å². The third kappa shape index (κ3) is 4.07. The fourth-order valence-electron chi connectivity index (χ4n) is 3.60. The van der Waals surface area contributed by atoms with Gasteiger partial charge in [-0.2, -0.15) is 4.31 Å². The van der Waals surface area contributed by atoms with Gasteiger partial charge in [-0.05, 0) is 36.4 Å². The lowest BCUT2D eigenvalue weighted by atomic mass is 10.2. The Morgan fingerprint density at radius 2 is 1.86 bits per heavy atom. The lowest BCUT2D eigenvalue weighted by molar-refractivity contribution is -0.118. The van der Waals surface area contributed by atoms with E-state index in [1.165, 1.54) is 11.4 Å². The number of carbonyl (C=O) groups is 1. The molecule has 2 aliphatic rings. The molecule has 0 unspecified atom stereocenters. The van der Waals surface area contributed by atoms with Gasteiger partial charge in [0, 0.05) is 19.6 Å². The first-order valence-electron chi connectivity index (χ1n) is 9.37. The van der Waals surface area contributed by atoms with Crippen molar-refractivity contribution in [1.82, 2.24) is 9.21 Å². The van der Waals surface area contributed by atoms with E-state index in [9.17, 15) is 13.2 Å². The van der Waals surface area contributed by atoms with Crippen molar-refractivity contribution in [3.63, 3.8) is 0 Å². The van der Waals surface area contributed by atoms with Gasteiger partial charge >= 0.3 is 0 Å². The maximum Gasteiger partial charge on any atom is 0.243 e. The molecule has 154 valence electrons. The van der Waals surface area contributed by atoms with Crippen LogP contribution in [-0.2, 0) is 14.8 Å². The topological polar surface area (TPSA) is 88.2 Å². The summed E-state index contributed by atoms with van der Waals surface area (Å²) in [6.45, 7) is 1.50. The van der Waals surface area contributed by atoms with Crippen LogP contribution in [0.5, 0.6) is 11.5 Å². The van der Waals surface area contributed by atoms with Crippen molar-refractivity contribution in [2.24, 2.45) is 0 Å². The lowest BCUT2D eigenvalue weighted by Gasteiger charge is -2.39. The van der Waals surface area contributed by atoms with Crippen LogP contribution < -0.4 is 14.8 Å². The molecule has 1 N–H and O–H groups in total. The molecule has 0 bridgehead atoms. The highest BCUT2D eigenvalue weighted by atomic mass is 32.2. The van der Waals surface area contributed by atoms with Gasteiger partial charge in [0.1, 0.15) is 18.1 Å². The van der Waals surface area contributed by atoms with Crippen LogP contribution in [0.4, 0.5) is 5.69 Å². The van der Waals surface area contributed by atoms with Crippen LogP contribution in [0.15, 0.2) is 53.4 Å². The summed E-state index contributed by atoms with van der Waals surface area (Å²) in [7, 11) is -2.11. The number of hydrogen-bond acceptors (Lipinski definition) is 6. The molecule has 2 aromatic carbocycles. The molecule has 0 saturated carbocycles. The normalized spacial score (nSPS) is 20.9. The molecular weight excluding hydrogens is 394 g/mol. The van der Waals surface area contributed by atoms with Gasteiger partial charge in [-0.15, -0.1) is 0 Å². The van der Waals surface area contributed by atoms with E-state index in [0.29, 0.717) is 36.9 Å². The summed E-state index contributed by atoms with van der Waals surface area (Å²) < 4.78 is 38.7. The Morgan fingerprint density at radius 3 is 2.62 bits per heavy atom. The number of para-hydroxylation sites is 2. The van der Waals surface area contributed by atoms with Crippen LogP contribution in [0.3, 0.4) is 0 Å². The maximum atomic E-state index is 13.1. The van der Waals surface area contributed by atoms with Crippen molar-refractivity contribution in [1.29, 1.82) is 0 Å². The number of nitrogens with one attached hydrogen (secondary N) is 1. The van der Waals surface area contributed by atoms with Crippen LogP contribution in [-0.4, -0.2) is 69.5 Å². The summed E-state index contributed by atoms with van der Waals surface area (Å²) >= 11 is 0. The first-order chi connectivity index (χ1) is 14.0. The van der Waals surface area contributed by atoms with Crippen LogP contribution in [0.1, 0.15) is 0 Å². The van der Waals surface area contributed by atoms with Crippen LogP contribution in [0.25, 0.3) is 0 Å². The van der Waals surface area contributed by atoms with E-state index in [1.54, 1.807) is 36.4 Å². The number of rotatable bonds is 3. The Balaban J connectivity index is 1.55. The highest BCUT2D eigenvalue weighted by Crippen LogP contribution is 2.27. The first kappa shape index (κ1) is 19.7. The van der Waals surface area contributed by atoms with E-state index < -0.39 is 10.0 Å². The van der Waals surface area contributed by atoms with Gasteiger partial charge in [-0.1, -0.05) is 12.1 Å². The van der Waals surface area contributed by atoms with Crippen molar-refractivity contribution in [3.05, 3.63) is 48.5 Å². The van der Waals surface area contributed by atoms with Gasteiger partial charge < -0.3 is 14.8 Å². The molecule has 1 amide bonds. The number of ether oxygens (including phenoxy) is 2.